The lowest BCUT2D eigenvalue weighted by atomic mass is 10.2. The van der Waals surface area contributed by atoms with Crippen molar-refractivity contribution in [2.75, 3.05) is 32.1 Å². The molecule has 0 fully saturated rings. The highest BCUT2D eigenvalue weighted by molar-refractivity contribution is 7.98. The van der Waals surface area contributed by atoms with Gasteiger partial charge in [-0.25, -0.2) is 0 Å². The van der Waals surface area contributed by atoms with Crippen molar-refractivity contribution < 1.29 is 15.0 Å². The van der Waals surface area contributed by atoms with Gasteiger partial charge in [0.05, 0.1) is 12.5 Å². The van der Waals surface area contributed by atoms with Crippen molar-refractivity contribution >= 4 is 17.7 Å². The van der Waals surface area contributed by atoms with Crippen molar-refractivity contribution in [3.8, 4) is 0 Å². The van der Waals surface area contributed by atoms with Crippen LogP contribution in [0.1, 0.15) is 6.42 Å². The molecule has 13 heavy (non-hydrogen) atoms. The van der Waals surface area contributed by atoms with Gasteiger partial charge in [-0.05, 0) is 13.3 Å². The summed E-state index contributed by atoms with van der Waals surface area (Å²) in [6, 6.07) is 0. The van der Waals surface area contributed by atoms with Crippen molar-refractivity contribution in [2.45, 2.75) is 12.5 Å². The molecule has 2 N–H and O–H groups in total. The second-order valence-corrected chi connectivity index (χ2v) is 3.99. The summed E-state index contributed by atoms with van der Waals surface area (Å²) < 4.78 is 0. The molecule has 0 aliphatic heterocycles. The Morgan fingerprint density at radius 2 is 2.23 bits per heavy atom. The third-order valence-electron chi connectivity index (χ3n) is 1.61. The maximum Gasteiger partial charge on any atom is 0.306 e. The van der Waals surface area contributed by atoms with Crippen molar-refractivity contribution in [1.82, 2.24) is 4.90 Å². The van der Waals surface area contributed by atoms with Crippen LogP contribution < -0.4 is 0 Å². The van der Waals surface area contributed by atoms with E-state index in [0.29, 0.717) is 6.54 Å². The van der Waals surface area contributed by atoms with Gasteiger partial charge >= 0.3 is 5.97 Å². The predicted molar refractivity (Wildman–Crippen MR) is 54.1 cm³/mol. The summed E-state index contributed by atoms with van der Waals surface area (Å²) in [6.07, 6.45) is 1.08. The maximum absolute atomic E-state index is 10.2. The standard InChI is InChI=1S/C8H17NO3S/c1-9(3-4-13-2)6-7(10)5-8(11)12/h7,10H,3-6H2,1-2H3,(H,11,12). The molecule has 4 nitrogen and oxygen atoms in total. The van der Waals surface area contributed by atoms with Gasteiger partial charge in [0, 0.05) is 18.8 Å². The fourth-order valence-corrected chi connectivity index (χ4v) is 1.46. The van der Waals surface area contributed by atoms with E-state index < -0.39 is 12.1 Å². The average Bonchev–Trinajstić information content (AvgIpc) is 1.98. The van der Waals surface area contributed by atoms with Crippen LogP contribution in [0.5, 0.6) is 0 Å². The van der Waals surface area contributed by atoms with E-state index >= 15 is 0 Å². The number of aliphatic carboxylic acids is 1. The summed E-state index contributed by atoms with van der Waals surface area (Å²) in [5, 5.41) is 17.7. The lowest BCUT2D eigenvalue weighted by Crippen LogP contribution is -2.32. The number of nitrogens with zero attached hydrogens (tertiary/aromatic N) is 1. The summed E-state index contributed by atoms with van der Waals surface area (Å²) in [4.78, 5) is 12.2. The molecule has 5 heteroatoms. The van der Waals surface area contributed by atoms with Crippen LogP contribution >= 0.6 is 11.8 Å². The molecular formula is C8H17NO3S. The molecule has 0 spiro atoms. The Balaban J connectivity index is 3.52. The van der Waals surface area contributed by atoms with Gasteiger partial charge in [-0.3, -0.25) is 4.79 Å². The first kappa shape index (κ1) is 12.7. The minimum absolute atomic E-state index is 0.177. The van der Waals surface area contributed by atoms with Gasteiger partial charge in [0.25, 0.3) is 0 Å². The highest BCUT2D eigenvalue weighted by atomic mass is 32.2. The lowest BCUT2D eigenvalue weighted by molar-refractivity contribution is -0.139. The number of aliphatic hydroxyl groups excluding tert-OH is 1. The fourth-order valence-electron chi connectivity index (χ4n) is 0.964. The molecule has 0 aliphatic rings. The highest BCUT2D eigenvalue weighted by Gasteiger charge is 2.11. The normalized spacial score (nSPS) is 13.2. The Bertz CT molecular complexity index is 154. The Kier molecular flexibility index (Phi) is 7.03. The highest BCUT2D eigenvalue weighted by Crippen LogP contribution is 1.97. The number of hydrogen-bond donors (Lipinski definition) is 2. The first-order chi connectivity index (χ1) is 6.06. The summed E-state index contributed by atoms with van der Waals surface area (Å²) >= 11 is 1.73. The van der Waals surface area contributed by atoms with Crippen molar-refractivity contribution in [1.29, 1.82) is 0 Å². The minimum atomic E-state index is -0.953. The largest absolute Gasteiger partial charge is 0.481 e. The zero-order valence-electron chi connectivity index (χ0n) is 8.06. The predicted octanol–water partition coefficient (Wildman–Crippen LogP) is 0.117. The molecule has 0 aliphatic carbocycles. The Morgan fingerprint density at radius 1 is 1.62 bits per heavy atom. The van der Waals surface area contributed by atoms with Crippen molar-refractivity contribution in [3.63, 3.8) is 0 Å². The number of carbonyl (C=O) groups is 1. The SMILES string of the molecule is CSCCN(C)CC(O)CC(=O)O. The molecule has 0 rings (SSSR count). The van der Waals surface area contributed by atoms with Crippen LogP contribution in [0.4, 0.5) is 0 Å². The third kappa shape index (κ3) is 8.08. The Labute approximate surface area is 82.9 Å². The Morgan fingerprint density at radius 3 is 2.69 bits per heavy atom. The fraction of sp³-hybridized carbons (Fsp3) is 0.875. The number of rotatable bonds is 7. The zero-order chi connectivity index (χ0) is 10.3. The summed E-state index contributed by atoms with van der Waals surface area (Å²) in [6.45, 7) is 1.30. The average molecular weight is 207 g/mol. The van der Waals surface area contributed by atoms with Crippen LogP contribution in [0.25, 0.3) is 0 Å². The van der Waals surface area contributed by atoms with Crippen LogP contribution in [-0.2, 0) is 4.79 Å². The van der Waals surface area contributed by atoms with Crippen LogP contribution in [0.3, 0.4) is 0 Å². The first-order valence-electron chi connectivity index (χ1n) is 4.13. The summed E-state index contributed by atoms with van der Waals surface area (Å²) in [5.74, 6) is 0.0433. The van der Waals surface area contributed by atoms with Gasteiger partial charge in [-0.1, -0.05) is 0 Å². The number of aliphatic hydroxyl groups is 1. The van der Waals surface area contributed by atoms with Gasteiger partial charge in [-0.15, -0.1) is 0 Å². The quantitative estimate of drug-likeness (QED) is 0.621. The lowest BCUT2D eigenvalue weighted by Gasteiger charge is -2.18. The maximum atomic E-state index is 10.2. The molecule has 0 saturated heterocycles. The van der Waals surface area contributed by atoms with Gasteiger partial charge in [-0.2, -0.15) is 11.8 Å². The van der Waals surface area contributed by atoms with E-state index in [1.165, 1.54) is 0 Å². The molecule has 0 heterocycles. The molecular weight excluding hydrogens is 190 g/mol. The molecule has 1 unspecified atom stereocenters. The van der Waals surface area contributed by atoms with E-state index in [1.807, 2.05) is 18.2 Å². The molecule has 0 saturated carbocycles. The molecule has 0 radical (unpaired) electrons. The van der Waals surface area contributed by atoms with E-state index in [0.717, 1.165) is 12.3 Å². The number of carboxylic acid groups (broad SMARTS) is 1. The van der Waals surface area contributed by atoms with Crippen molar-refractivity contribution in [3.05, 3.63) is 0 Å². The van der Waals surface area contributed by atoms with E-state index in [4.69, 9.17) is 5.11 Å². The van der Waals surface area contributed by atoms with Gasteiger partial charge < -0.3 is 15.1 Å². The molecule has 0 bridgehead atoms. The van der Waals surface area contributed by atoms with E-state index in [9.17, 15) is 9.90 Å². The Hall–Kier alpha value is -0.260. The van der Waals surface area contributed by atoms with E-state index in [-0.39, 0.29) is 6.42 Å². The number of likely N-dealkylation sites (N-methyl/N-ethyl adjacent to an activating group) is 1. The number of thioether (sulfide) groups is 1. The van der Waals surface area contributed by atoms with E-state index in [1.54, 1.807) is 11.8 Å². The van der Waals surface area contributed by atoms with E-state index in [2.05, 4.69) is 0 Å². The third-order valence-corrected chi connectivity index (χ3v) is 2.20. The second-order valence-electron chi connectivity index (χ2n) is 3.01. The van der Waals surface area contributed by atoms with Crippen molar-refractivity contribution in [2.24, 2.45) is 0 Å². The molecule has 1 atom stereocenters. The van der Waals surface area contributed by atoms with Crippen LogP contribution in [-0.4, -0.2) is 59.3 Å². The smallest absolute Gasteiger partial charge is 0.306 e. The second kappa shape index (κ2) is 7.17. The molecule has 0 aromatic carbocycles. The molecule has 0 aromatic rings. The van der Waals surface area contributed by atoms with Crippen LogP contribution in [0.2, 0.25) is 0 Å². The molecule has 0 amide bonds. The summed E-state index contributed by atoms with van der Waals surface area (Å²) in [7, 11) is 1.88. The number of hydrogen-bond acceptors (Lipinski definition) is 4. The number of carboxylic acids is 1. The van der Waals surface area contributed by atoms with Gasteiger partial charge in [0.15, 0.2) is 0 Å². The minimum Gasteiger partial charge on any atom is -0.481 e. The monoisotopic (exact) mass is 207 g/mol. The summed E-state index contributed by atoms with van der Waals surface area (Å²) in [5.41, 5.74) is 0. The topological polar surface area (TPSA) is 60.8 Å². The molecule has 78 valence electrons. The van der Waals surface area contributed by atoms with Crippen LogP contribution in [0, 0.1) is 0 Å². The zero-order valence-corrected chi connectivity index (χ0v) is 8.88. The van der Waals surface area contributed by atoms with Gasteiger partial charge in [0.1, 0.15) is 0 Å². The first-order valence-corrected chi connectivity index (χ1v) is 5.53. The van der Waals surface area contributed by atoms with Crippen LogP contribution in [0.15, 0.2) is 0 Å². The molecule has 0 aromatic heterocycles. The van der Waals surface area contributed by atoms with Gasteiger partial charge in [0.2, 0.25) is 0 Å².